The lowest BCUT2D eigenvalue weighted by molar-refractivity contribution is 0.674. The minimum Gasteiger partial charge on any atom is -0.0837 e. The molecular weight excluding hydrogens is 192 g/mol. The van der Waals surface area contributed by atoms with Gasteiger partial charge in [-0.2, -0.15) is 0 Å². The van der Waals surface area contributed by atoms with E-state index in [0.29, 0.717) is 5.92 Å². The quantitative estimate of drug-likeness (QED) is 0.676. The summed E-state index contributed by atoms with van der Waals surface area (Å²) in [7, 11) is 0. The lowest BCUT2D eigenvalue weighted by Crippen LogP contribution is -1.91. The van der Waals surface area contributed by atoms with Gasteiger partial charge in [0.2, 0.25) is 0 Å². The second-order valence-corrected chi connectivity index (χ2v) is 4.71. The third-order valence-corrected chi connectivity index (χ3v) is 2.93. The lowest BCUT2D eigenvalue weighted by atomic mass is 9.98. The molecule has 1 aromatic carbocycles. The summed E-state index contributed by atoms with van der Waals surface area (Å²) in [4.78, 5) is 0. The molecular formula is C13H15Cl. The standard InChI is InChI=1S/C13H15Cl/c1-9(2)8-11-7-6-10-4-3-5-12(14)13(10)11/h3-5,7,9H,6,8H2,1-2H3. The van der Waals surface area contributed by atoms with Crippen LogP contribution in [0, 0.1) is 5.92 Å². The van der Waals surface area contributed by atoms with Crippen molar-refractivity contribution in [3.8, 4) is 0 Å². The van der Waals surface area contributed by atoms with E-state index >= 15 is 0 Å². The molecule has 0 unspecified atom stereocenters. The molecule has 0 atom stereocenters. The summed E-state index contributed by atoms with van der Waals surface area (Å²) < 4.78 is 0. The molecule has 0 amide bonds. The molecule has 1 aromatic rings. The van der Waals surface area contributed by atoms with E-state index in [1.165, 1.54) is 16.7 Å². The van der Waals surface area contributed by atoms with Crippen molar-refractivity contribution >= 4 is 17.2 Å². The molecule has 0 nitrogen and oxygen atoms in total. The average Bonchev–Trinajstić information content (AvgIpc) is 2.49. The first-order valence-electron chi connectivity index (χ1n) is 5.15. The van der Waals surface area contributed by atoms with Crippen molar-refractivity contribution in [3.63, 3.8) is 0 Å². The molecule has 1 aliphatic rings. The van der Waals surface area contributed by atoms with E-state index in [9.17, 15) is 0 Å². The number of halogens is 1. The molecule has 0 spiro atoms. The van der Waals surface area contributed by atoms with E-state index < -0.39 is 0 Å². The van der Waals surface area contributed by atoms with Gasteiger partial charge in [0, 0.05) is 5.02 Å². The summed E-state index contributed by atoms with van der Waals surface area (Å²) in [5, 5.41) is 0.909. The molecule has 2 rings (SSSR count). The number of benzene rings is 1. The molecule has 0 saturated heterocycles. The molecule has 0 bridgehead atoms. The van der Waals surface area contributed by atoms with Gasteiger partial charge in [0.05, 0.1) is 0 Å². The molecule has 0 N–H and O–H groups in total. The first kappa shape index (κ1) is 9.79. The van der Waals surface area contributed by atoms with Crippen molar-refractivity contribution in [1.82, 2.24) is 0 Å². The van der Waals surface area contributed by atoms with Gasteiger partial charge in [-0.25, -0.2) is 0 Å². The summed E-state index contributed by atoms with van der Waals surface area (Å²) in [5.41, 5.74) is 4.11. The van der Waals surface area contributed by atoms with Gasteiger partial charge in [-0.3, -0.25) is 0 Å². The van der Waals surface area contributed by atoms with E-state index in [1.54, 1.807) is 0 Å². The van der Waals surface area contributed by atoms with Crippen LogP contribution in [0.4, 0.5) is 0 Å². The van der Waals surface area contributed by atoms with Crippen molar-refractivity contribution in [2.45, 2.75) is 26.7 Å². The maximum absolute atomic E-state index is 6.21. The Hall–Kier alpha value is -0.750. The van der Waals surface area contributed by atoms with Crippen molar-refractivity contribution in [2.75, 3.05) is 0 Å². The van der Waals surface area contributed by atoms with E-state index in [-0.39, 0.29) is 0 Å². The minimum absolute atomic E-state index is 0.698. The largest absolute Gasteiger partial charge is 0.0837 e. The Kier molecular flexibility index (Phi) is 2.64. The molecule has 0 saturated carbocycles. The number of hydrogen-bond donors (Lipinski definition) is 0. The van der Waals surface area contributed by atoms with Crippen LogP contribution >= 0.6 is 11.6 Å². The molecule has 1 heteroatoms. The SMILES string of the molecule is CC(C)CC1=CCc2cccc(Cl)c21. The number of hydrogen-bond acceptors (Lipinski definition) is 0. The van der Waals surface area contributed by atoms with Gasteiger partial charge in [0.15, 0.2) is 0 Å². The van der Waals surface area contributed by atoms with E-state index in [2.05, 4.69) is 26.0 Å². The number of allylic oxidation sites excluding steroid dienone is 2. The fraction of sp³-hybridized carbons (Fsp3) is 0.385. The highest BCUT2D eigenvalue weighted by Gasteiger charge is 2.17. The molecule has 0 fully saturated rings. The minimum atomic E-state index is 0.698. The normalized spacial score (nSPS) is 14.4. The van der Waals surface area contributed by atoms with Gasteiger partial charge < -0.3 is 0 Å². The Morgan fingerprint density at radius 1 is 1.36 bits per heavy atom. The van der Waals surface area contributed by atoms with Crippen molar-refractivity contribution < 1.29 is 0 Å². The number of rotatable bonds is 2. The highest BCUT2D eigenvalue weighted by Crippen LogP contribution is 2.36. The van der Waals surface area contributed by atoms with Crippen LogP contribution in [0.25, 0.3) is 5.57 Å². The second kappa shape index (κ2) is 3.78. The van der Waals surface area contributed by atoms with Crippen LogP contribution in [0.15, 0.2) is 24.3 Å². The molecule has 14 heavy (non-hydrogen) atoms. The third-order valence-electron chi connectivity index (χ3n) is 2.62. The summed E-state index contributed by atoms with van der Waals surface area (Å²) in [5.74, 6) is 0.698. The van der Waals surface area contributed by atoms with Gasteiger partial charge in [0.1, 0.15) is 0 Å². The van der Waals surface area contributed by atoms with Gasteiger partial charge in [-0.05, 0) is 41.5 Å². The van der Waals surface area contributed by atoms with Crippen LogP contribution in [0.3, 0.4) is 0 Å². The summed E-state index contributed by atoms with van der Waals surface area (Å²) in [6.45, 7) is 4.49. The second-order valence-electron chi connectivity index (χ2n) is 4.31. The van der Waals surface area contributed by atoms with Gasteiger partial charge >= 0.3 is 0 Å². The zero-order valence-corrected chi connectivity index (χ0v) is 9.43. The summed E-state index contributed by atoms with van der Waals surface area (Å²) >= 11 is 6.21. The average molecular weight is 207 g/mol. The Labute approximate surface area is 90.6 Å². The van der Waals surface area contributed by atoms with Crippen molar-refractivity contribution in [3.05, 3.63) is 40.4 Å². The maximum atomic E-state index is 6.21. The zero-order chi connectivity index (χ0) is 10.1. The van der Waals surface area contributed by atoms with Crippen LogP contribution in [0.5, 0.6) is 0 Å². The number of fused-ring (bicyclic) bond motifs is 1. The van der Waals surface area contributed by atoms with Gasteiger partial charge in [-0.15, -0.1) is 0 Å². The highest BCUT2D eigenvalue weighted by molar-refractivity contribution is 6.32. The fourth-order valence-electron chi connectivity index (χ4n) is 2.06. The predicted molar refractivity (Wildman–Crippen MR) is 62.6 cm³/mol. The molecule has 74 valence electrons. The summed E-state index contributed by atoms with van der Waals surface area (Å²) in [6.07, 6.45) is 4.51. The highest BCUT2D eigenvalue weighted by atomic mass is 35.5. The van der Waals surface area contributed by atoms with Crippen molar-refractivity contribution in [2.24, 2.45) is 5.92 Å². The smallest absolute Gasteiger partial charge is 0.0483 e. The van der Waals surface area contributed by atoms with Crippen LogP contribution in [0.2, 0.25) is 5.02 Å². The van der Waals surface area contributed by atoms with Crippen molar-refractivity contribution in [1.29, 1.82) is 0 Å². The third kappa shape index (κ3) is 1.72. The van der Waals surface area contributed by atoms with E-state index in [1.807, 2.05) is 12.1 Å². The molecule has 0 aromatic heterocycles. The zero-order valence-electron chi connectivity index (χ0n) is 8.68. The first-order valence-corrected chi connectivity index (χ1v) is 5.53. The lowest BCUT2D eigenvalue weighted by Gasteiger charge is -2.09. The van der Waals surface area contributed by atoms with E-state index in [0.717, 1.165) is 17.9 Å². The molecule has 0 heterocycles. The van der Waals surface area contributed by atoms with Crippen LogP contribution in [-0.4, -0.2) is 0 Å². The molecule has 0 aliphatic heterocycles. The maximum Gasteiger partial charge on any atom is 0.0483 e. The fourth-order valence-corrected chi connectivity index (χ4v) is 2.37. The first-order chi connectivity index (χ1) is 6.68. The Bertz CT molecular complexity index is 375. The van der Waals surface area contributed by atoms with Gasteiger partial charge in [0.25, 0.3) is 0 Å². The Morgan fingerprint density at radius 3 is 2.86 bits per heavy atom. The Balaban J connectivity index is 2.35. The van der Waals surface area contributed by atoms with Crippen LogP contribution in [0.1, 0.15) is 31.4 Å². The summed E-state index contributed by atoms with van der Waals surface area (Å²) in [6, 6.07) is 6.19. The Morgan fingerprint density at radius 2 is 2.14 bits per heavy atom. The van der Waals surface area contributed by atoms with Crippen LogP contribution < -0.4 is 0 Å². The predicted octanol–water partition coefficient (Wildman–Crippen LogP) is 4.33. The topological polar surface area (TPSA) is 0 Å². The molecule has 0 radical (unpaired) electrons. The van der Waals surface area contributed by atoms with Crippen LogP contribution in [-0.2, 0) is 6.42 Å². The molecule has 1 aliphatic carbocycles. The van der Waals surface area contributed by atoms with Gasteiger partial charge in [-0.1, -0.05) is 43.7 Å². The monoisotopic (exact) mass is 206 g/mol. The van der Waals surface area contributed by atoms with E-state index in [4.69, 9.17) is 11.6 Å².